The number of methoxy groups -OCH3 is 1. The standard InChI is InChI=1S/C30H22IN3O4/c1-37-23-14-11-20(12-15-23)30(36)38-26-10-6-5-9-21(26)18-32-34-29(35)28-27(19-7-3-2-4-8-19)24-17-22(31)13-16-25(24)33-28/h2-18,33H,1H3,(H,34,35). The highest BCUT2D eigenvalue weighted by molar-refractivity contribution is 14.1. The van der Waals surface area contributed by atoms with Crippen LogP contribution in [0.5, 0.6) is 11.5 Å². The van der Waals surface area contributed by atoms with E-state index in [1.54, 1.807) is 55.6 Å². The lowest BCUT2D eigenvalue weighted by atomic mass is 10.0. The highest BCUT2D eigenvalue weighted by atomic mass is 127. The molecular weight excluding hydrogens is 593 g/mol. The Morgan fingerprint density at radius 2 is 1.66 bits per heavy atom. The number of para-hydroxylation sites is 1. The monoisotopic (exact) mass is 615 g/mol. The van der Waals surface area contributed by atoms with E-state index in [0.717, 1.165) is 25.6 Å². The van der Waals surface area contributed by atoms with Crippen molar-refractivity contribution >= 4 is 51.6 Å². The molecule has 8 heteroatoms. The fraction of sp³-hybridized carbons (Fsp3) is 0.0333. The van der Waals surface area contributed by atoms with E-state index in [1.165, 1.54) is 6.21 Å². The zero-order chi connectivity index (χ0) is 26.5. The van der Waals surface area contributed by atoms with E-state index in [9.17, 15) is 9.59 Å². The summed E-state index contributed by atoms with van der Waals surface area (Å²) in [5.74, 6) is 0.0539. The first kappa shape index (κ1) is 25.2. The third-order valence-corrected chi connectivity index (χ3v) is 6.54. The number of hydrazone groups is 1. The second kappa shape index (κ2) is 11.3. The molecule has 5 rings (SSSR count). The molecular formula is C30H22IN3O4. The smallest absolute Gasteiger partial charge is 0.343 e. The number of H-pyrrole nitrogens is 1. The Morgan fingerprint density at radius 3 is 2.42 bits per heavy atom. The van der Waals surface area contributed by atoms with E-state index in [-0.39, 0.29) is 5.91 Å². The van der Waals surface area contributed by atoms with Crippen molar-refractivity contribution < 1.29 is 19.1 Å². The summed E-state index contributed by atoms with van der Waals surface area (Å²) in [5.41, 5.74) is 6.51. The number of nitrogens with zero attached hydrogens (tertiary/aromatic N) is 1. The predicted molar refractivity (Wildman–Crippen MR) is 156 cm³/mol. The largest absolute Gasteiger partial charge is 0.497 e. The van der Waals surface area contributed by atoms with Gasteiger partial charge in [0.05, 0.1) is 18.9 Å². The number of benzene rings is 4. The average Bonchev–Trinajstić information content (AvgIpc) is 3.33. The third kappa shape index (κ3) is 5.45. The zero-order valence-electron chi connectivity index (χ0n) is 20.3. The van der Waals surface area contributed by atoms with Crippen LogP contribution in [0.4, 0.5) is 0 Å². The summed E-state index contributed by atoms with van der Waals surface area (Å²) in [5, 5.41) is 5.10. The molecule has 0 bridgehead atoms. The Labute approximate surface area is 232 Å². The molecule has 1 aromatic heterocycles. The van der Waals surface area contributed by atoms with Crippen molar-refractivity contribution in [3.05, 3.63) is 117 Å². The van der Waals surface area contributed by atoms with Gasteiger partial charge in [0.1, 0.15) is 17.2 Å². The maximum atomic E-state index is 13.2. The molecule has 2 N–H and O–H groups in total. The second-order valence-electron chi connectivity index (χ2n) is 8.29. The van der Waals surface area contributed by atoms with E-state index in [1.807, 2.05) is 48.5 Å². The Hall–Kier alpha value is -4.44. The minimum atomic E-state index is -0.516. The van der Waals surface area contributed by atoms with Crippen LogP contribution < -0.4 is 14.9 Å². The lowest BCUT2D eigenvalue weighted by molar-refractivity contribution is 0.0734. The number of aromatic amines is 1. The van der Waals surface area contributed by atoms with Crippen LogP contribution in [0.25, 0.3) is 22.0 Å². The summed E-state index contributed by atoms with van der Waals surface area (Å²) in [7, 11) is 1.56. The molecule has 0 radical (unpaired) electrons. The molecule has 38 heavy (non-hydrogen) atoms. The molecule has 0 saturated heterocycles. The summed E-state index contributed by atoms with van der Waals surface area (Å²) in [6, 6.07) is 29.3. The fourth-order valence-electron chi connectivity index (χ4n) is 4.02. The molecule has 0 aliphatic carbocycles. The number of hydrogen-bond donors (Lipinski definition) is 2. The van der Waals surface area contributed by atoms with Crippen molar-refractivity contribution in [1.82, 2.24) is 10.4 Å². The summed E-state index contributed by atoms with van der Waals surface area (Å²) in [6.45, 7) is 0. The van der Waals surface area contributed by atoms with Crippen LogP contribution in [-0.2, 0) is 0 Å². The van der Waals surface area contributed by atoms with E-state index >= 15 is 0 Å². The van der Waals surface area contributed by atoms with Gasteiger partial charge in [-0.05, 0) is 82.8 Å². The number of hydrogen-bond acceptors (Lipinski definition) is 5. The maximum Gasteiger partial charge on any atom is 0.343 e. The minimum absolute atomic E-state index is 0.316. The van der Waals surface area contributed by atoms with Gasteiger partial charge in [-0.3, -0.25) is 4.79 Å². The fourth-order valence-corrected chi connectivity index (χ4v) is 4.51. The van der Waals surface area contributed by atoms with Crippen LogP contribution in [0.15, 0.2) is 102 Å². The topological polar surface area (TPSA) is 92.8 Å². The Kier molecular flexibility index (Phi) is 7.50. The zero-order valence-corrected chi connectivity index (χ0v) is 22.4. The molecule has 0 aliphatic rings. The van der Waals surface area contributed by atoms with Crippen molar-refractivity contribution in [2.75, 3.05) is 7.11 Å². The number of aromatic nitrogens is 1. The van der Waals surface area contributed by atoms with Gasteiger partial charge in [0.15, 0.2) is 0 Å². The van der Waals surface area contributed by atoms with Gasteiger partial charge in [-0.2, -0.15) is 5.10 Å². The molecule has 0 unspecified atom stereocenters. The molecule has 1 heterocycles. The van der Waals surface area contributed by atoms with Crippen molar-refractivity contribution in [2.45, 2.75) is 0 Å². The van der Waals surface area contributed by atoms with E-state index < -0.39 is 5.97 Å². The van der Waals surface area contributed by atoms with Crippen LogP contribution in [-0.4, -0.2) is 30.2 Å². The first-order valence-corrected chi connectivity index (χ1v) is 12.8. The van der Waals surface area contributed by atoms with E-state index in [0.29, 0.717) is 28.3 Å². The van der Waals surface area contributed by atoms with Gasteiger partial charge in [-0.15, -0.1) is 0 Å². The number of ether oxygens (including phenoxy) is 2. The Bertz CT molecular complexity index is 1640. The third-order valence-electron chi connectivity index (χ3n) is 5.87. The molecule has 1 amide bonds. The van der Waals surface area contributed by atoms with Gasteiger partial charge in [-0.1, -0.05) is 42.5 Å². The number of amides is 1. The first-order chi connectivity index (χ1) is 18.5. The average molecular weight is 615 g/mol. The van der Waals surface area contributed by atoms with Crippen LogP contribution in [0, 0.1) is 3.57 Å². The molecule has 7 nitrogen and oxygen atoms in total. The van der Waals surface area contributed by atoms with Gasteiger partial charge in [0.25, 0.3) is 5.91 Å². The van der Waals surface area contributed by atoms with Crippen molar-refractivity contribution in [3.8, 4) is 22.6 Å². The molecule has 4 aromatic carbocycles. The van der Waals surface area contributed by atoms with Crippen molar-refractivity contribution in [3.63, 3.8) is 0 Å². The lowest BCUT2D eigenvalue weighted by Gasteiger charge is -2.08. The summed E-state index contributed by atoms with van der Waals surface area (Å²) < 4.78 is 11.8. The predicted octanol–water partition coefficient (Wildman–Crippen LogP) is 6.43. The molecule has 0 fully saturated rings. The number of nitrogens with one attached hydrogen (secondary N) is 2. The quantitative estimate of drug-likeness (QED) is 0.0726. The lowest BCUT2D eigenvalue weighted by Crippen LogP contribution is -2.19. The Balaban J connectivity index is 1.37. The molecule has 0 spiro atoms. The van der Waals surface area contributed by atoms with E-state index in [2.05, 4.69) is 38.1 Å². The number of fused-ring (bicyclic) bond motifs is 1. The van der Waals surface area contributed by atoms with Gasteiger partial charge in [-0.25, -0.2) is 10.2 Å². The summed E-state index contributed by atoms with van der Waals surface area (Å²) in [4.78, 5) is 29.1. The van der Waals surface area contributed by atoms with Gasteiger partial charge >= 0.3 is 5.97 Å². The van der Waals surface area contributed by atoms with Gasteiger partial charge < -0.3 is 14.5 Å². The van der Waals surface area contributed by atoms with Crippen molar-refractivity contribution in [2.24, 2.45) is 5.10 Å². The molecule has 0 atom stereocenters. The Morgan fingerprint density at radius 1 is 0.921 bits per heavy atom. The molecule has 0 aliphatic heterocycles. The summed E-state index contributed by atoms with van der Waals surface area (Å²) >= 11 is 2.26. The highest BCUT2D eigenvalue weighted by Crippen LogP contribution is 2.33. The summed E-state index contributed by atoms with van der Waals surface area (Å²) in [6.07, 6.45) is 1.45. The van der Waals surface area contributed by atoms with Crippen LogP contribution in [0.2, 0.25) is 0 Å². The molecule has 0 saturated carbocycles. The highest BCUT2D eigenvalue weighted by Gasteiger charge is 2.19. The number of rotatable bonds is 7. The normalized spacial score (nSPS) is 11.0. The number of halogens is 1. The van der Waals surface area contributed by atoms with Crippen LogP contribution >= 0.6 is 22.6 Å². The van der Waals surface area contributed by atoms with Crippen LogP contribution in [0.3, 0.4) is 0 Å². The SMILES string of the molecule is COc1ccc(C(=O)Oc2ccccc2C=NNC(=O)c2[nH]c3ccc(I)cc3c2-c2ccccc2)cc1. The first-order valence-electron chi connectivity index (χ1n) is 11.7. The maximum absolute atomic E-state index is 13.2. The van der Waals surface area contributed by atoms with E-state index in [4.69, 9.17) is 9.47 Å². The van der Waals surface area contributed by atoms with Gasteiger partial charge in [0.2, 0.25) is 0 Å². The molecule has 5 aromatic rings. The second-order valence-corrected chi connectivity index (χ2v) is 9.53. The van der Waals surface area contributed by atoms with Crippen LogP contribution in [0.1, 0.15) is 26.4 Å². The minimum Gasteiger partial charge on any atom is -0.497 e. The number of carbonyl (C=O) groups is 2. The van der Waals surface area contributed by atoms with Crippen molar-refractivity contribution in [1.29, 1.82) is 0 Å². The number of carbonyl (C=O) groups excluding carboxylic acids is 2. The molecule has 188 valence electrons. The van der Waals surface area contributed by atoms with Gasteiger partial charge in [0, 0.05) is 25.6 Å². The number of esters is 1.